The van der Waals surface area contributed by atoms with Gasteiger partial charge in [0, 0.05) is 12.0 Å². The van der Waals surface area contributed by atoms with Crippen molar-refractivity contribution in [3.63, 3.8) is 0 Å². The summed E-state index contributed by atoms with van der Waals surface area (Å²) in [7, 11) is 0. The average Bonchev–Trinajstić information content (AvgIpc) is 3.01. The fourth-order valence-corrected chi connectivity index (χ4v) is 3.51. The molecule has 1 saturated carbocycles. The second-order valence-corrected chi connectivity index (χ2v) is 6.60. The van der Waals surface area contributed by atoms with Crippen molar-refractivity contribution in [1.29, 1.82) is 0 Å². The summed E-state index contributed by atoms with van der Waals surface area (Å²) in [4.78, 5) is 16.7. The Bertz CT molecular complexity index is 472. The summed E-state index contributed by atoms with van der Waals surface area (Å²) >= 11 is 0. The van der Waals surface area contributed by atoms with Gasteiger partial charge in [0.1, 0.15) is 0 Å². The third-order valence-electron chi connectivity index (χ3n) is 4.88. The molecule has 0 aromatic carbocycles. The van der Waals surface area contributed by atoms with Gasteiger partial charge in [0.05, 0.1) is 6.20 Å². The monoisotopic (exact) mass is 305 g/mol. The molecule has 1 aliphatic heterocycles. The van der Waals surface area contributed by atoms with E-state index in [1.165, 1.54) is 32.1 Å². The van der Waals surface area contributed by atoms with Crippen LogP contribution < -0.4 is 10.6 Å². The maximum Gasteiger partial charge on any atom is 0.288 e. The Morgan fingerprint density at radius 1 is 1.09 bits per heavy atom. The number of carbonyl (C=O) groups excluding carboxylic acids is 1. The van der Waals surface area contributed by atoms with E-state index < -0.39 is 0 Å². The molecule has 0 spiro atoms. The molecular weight excluding hydrogens is 278 g/mol. The van der Waals surface area contributed by atoms with Gasteiger partial charge >= 0.3 is 0 Å². The fraction of sp³-hybridized carbons (Fsp3) is 0.765. The molecule has 2 fully saturated rings. The van der Waals surface area contributed by atoms with Gasteiger partial charge in [0.2, 0.25) is 5.76 Å². The third kappa shape index (κ3) is 4.09. The van der Waals surface area contributed by atoms with Gasteiger partial charge < -0.3 is 15.1 Å². The minimum atomic E-state index is -0.0988. The van der Waals surface area contributed by atoms with Crippen molar-refractivity contribution in [2.45, 2.75) is 69.7 Å². The number of hydrogen-bond donors (Lipinski definition) is 2. The smallest absolute Gasteiger partial charge is 0.288 e. The average molecular weight is 305 g/mol. The van der Waals surface area contributed by atoms with Crippen molar-refractivity contribution in [3.8, 4) is 0 Å². The molecule has 3 rings (SSSR count). The Labute approximate surface area is 132 Å². The quantitative estimate of drug-likeness (QED) is 0.901. The van der Waals surface area contributed by atoms with Crippen LogP contribution in [0.5, 0.6) is 0 Å². The summed E-state index contributed by atoms with van der Waals surface area (Å²) in [6, 6.07) is 0.292. The van der Waals surface area contributed by atoms with E-state index in [1.807, 2.05) is 0 Å². The van der Waals surface area contributed by atoms with Crippen molar-refractivity contribution in [2.75, 3.05) is 13.1 Å². The number of nitrogens with zero attached hydrogens (tertiary/aromatic N) is 1. The Morgan fingerprint density at radius 2 is 1.77 bits per heavy atom. The molecule has 5 nitrogen and oxygen atoms in total. The van der Waals surface area contributed by atoms with Gasteiger partial charge in [-0.15, -0.1) is 0 Å². The highest BCUT2D eigenvalue weighted by molar-refractivity contribution is 5.91. The molecule has 5 heteroatoms. The van der Waals surface area contributed by atoms with Crippen molar-refractivity contribution >= 4 is 5.91 Å². The number of hydrogen-bond acceptors (Lipinski definition) is 4. The van der Waals surface area contributed by atoms with Crippen LogP contribution in [0.3, 0.4) is 0 Å². The van der Waals surface area contributed by atoms with Gasteiger partial charge in [-0.25, -0.2) is 4.98 Å². The molecule has 1 amide bonds. The Morgan fingerprint density at radius 3 is 2.50 bits per heavy atom. The Balaban J connectivity index is 1.56. The predicted molar refractivity (Wildman–Crippen MR) is 84.9 cm³/mol. The first-order valence-electron chi connectivity index (χ1n) is 8.80. The second-order valence-electron chi connectivity index (χ2n) is 6.60. The molecule has 2 aliphatic rings. The minimum Gasteiger partial charge on any atom is -0.435 e. The Kier molecular flexibility index (Phi) is 5.48. The van der Waals surface area contributed by atoms with Gasteiger partial charge in [-0.2, -0.15) is 0 Å². The molecule has 22 heavy (non-hydrogen) atoms. The van der Waals surface area contributed by atoms with E-state index in [2.05, 4.69) is 15.6 Å². The van der Waals surface area contributed by atoms with Crippen molar-refractivity contribution in [1.82, 2.24) is 15.6 Å². The number of carbonyl (C=O) groups is 1. The molecule has 122 valence electrons. The predicted octanol–water partition coefficient (Wildman–Crippen LogP) is 2.98. The normalized spacial score (nSPS) is 22.0. The van der Waals surface area contributed by atoms with E-state index in [1.54, 1.807) is 6.20 Å². The van der Waals surface area contributed by atoms with Crippen LogP contribution in [0.25, 0.3) is 0 Å². The van der Waals surface area contributed by atoms with Gasteiger partial charge in [0.25, 0.3) is 5.91 Å². The number of rotatable bonds is 3. The lowest BCUT2D eigenvalue weighted by Crippen LogP contribution is -2.35. The van der Waals surface area contributed by atoms with Crippen LogP contribution in [-0.4, -0.2) is 30.0 Å². The van der Waals surface area contributed by atoms with E-state index in [-0.39, 0.29) is 5.91 Å². The zero-order valence-electron chi connectivity index (χ0n) is 13.3. The highest BCUT2D eigenvalue weighted by atomic mass is 16.4. The van der Waals surface area contributed by atoms with E-state index in [9.17, 15) is 4.79 Å². The van der Waals surface area contributed by atoms with Crippen LogP contribution in [0.4, 0.5) is 0 Å². The molecule has 1 saturated heterocycles. The van der Waals surface area contributed by atoms with E-state index >= 15 is 0 Å². The van der Waals surface area contributed by atoms with Crippen molar-refractivity contribution in [2.24, 2.45) is 0 Å². The van der Waals surface area contributed by atoms with Crippen LogP contribution >= 0.6 is 0 Å². The second kappa shape index (κ2) is 7.77. The van der Waals surface area contributed by atoms with Crippen molar-refractivity contribution < 1.29 is 9.21 Å². The van der Waals surface area contributed by atoms with Gasteiger partial charge in [0.15, 0.2) is 5.89 Å². The molecule has 1 aliphatic carbocycles. The largest absolute Gasteiger partial charge is 0.435 e. The molecule has 1 aromatic rings. The minimum absolute atomic E-state index is 0.0988. The fourth-order valence-electron chi connectivity index (χ4n) is 3.51. The zero-order valence-corrected chi connectivity index (χ0v) is 13.3. The zero-order chi connectivity index (χ0) is 15.2. The van der Waals surface area contributed by atoms with Crippen LogP contribution in [0.15, 0.2) is 10.6 Å². The third-order valence-corrected chi connectivity index (χ3v) is 4.88. The van der Waals surface area contributed by atoms with Gasteiger partial charge in [-0.05, 0) is 38.8 Å². The summed E-state index contributed by atoms with van der Waals surface area (Å²) in [6.07, 6.45) is 12.2. The van der Waals surface area contributed by atoms with E-state index in [4.69, 9.17) is 4.42 Å². The van der Waals surface area contributed by atoms with Crippen LogP contribution in [0.1, 0.15) is 80.2 Å². The number of aromatic nitrogens is 1. The molecular formula is C17H27N3O2. The SMILES string of the molecule is O=C(NC1CCCCCCC1)c1cnc(C2CCNCC2)o1. The first-order valence-corrected chi connectivity index (χ1v) is 8.80. The summed E-state index contributed by atoms with van der Waals surface area (Å²) in [6.45, 7) is 1.99. The molecule has 0 radical (unpaired) electrons. The molecule has 2 N–H and O–H groups in total. The number of nitrogens with one attached hydrogen (secondary N) is 2. The lowest BCUT2D eigenvalue weighted by molar-refractivity contribution is 0.0899. The highest BCUT2D eigenvalue weighted by Crippen LogP contribution is 2.25. The van der Waals surface area contributed by atoms with E-state index in [0.29, 0.717) is 17.7 Å². The number of amides is 1. The standard InChI is InChI=1S/C17H27N3O2/c21-16(20-14-6-4-2-1-3-5-7-14)15-12-19-17(22-15)13-8-10-18-11-9-13/h12-14,18H,1-11H2,(H,20,21). The Hall–Kier alpha value is -1.36. The molecule has 0 unspecified atom stereocenters. The molecule has 0 bridgehead atoms. The maximum atomic E-state index is 12.3. The van der Waals surface area contributed by atoms with Crippen LogP contribution in [-0.2, 0) is 0 Å². The maximum absolute atomic E-state index is 12.3. The highest BCUT2D eigenvalue weighted by Gasteiger charge is 2.23. The summed E-state index contributed by atoms with van der Waals surface area (Å²) in [5, 5.41) is 6.46. The first kappa shape index (κ1) is 15.5. The van der Waals surface area contributed by atoms with Gasteiger partial charge in [-0.3, -0.25) is 4.79 Å². The van der Waals surface area contributed by atoms with Crippen LogP contribution in [0, 0.1) is 0 Å². The molecule has 1 aromatic heterocycles. The molecule has 2 heterocycles. The lowest BCUT2D eigenvalue weighted by atomic mass is 9.97. The first-order chi connectivity index (χ1) is 10.8. The number of oxazole rings is 1. The topological polar surface area (TPSA) is 67.2 Å². The molecule has 0 atom stereocenters. The lowest BCUT2D eigenvalue weighted by Gasteiger charge is -2.20. The summed E-state index contributed by atoms with van der Waals surface area (Å²) < 4.78 is 5.73. The summed E-state index contributed by atoms with van der Waals surface area (Å²) in [5.74, 6) is 1.35. The number of piperidine rings is 1. The summed E-state index contributed by atoms with van der Waals surface area (Å²) in [5.41, 5.74) is 0. The van der Waals surface area contributed by atoms with Crippen molar-refractivity contribution in [3.05, 3.63) is 17.8 Å². The van der Waals surface area contributed by atoms with Crippen LogP contribution in [0.2, 0.25) is 0 Å². The van der Waals surface area contributed by atoms with E-state index in [0.717, 1.165) is 44.7 Å². The van der Waals surface area contributed by atoms with Gasteiger partial charge in [-0.1, -0.05) is 32.1 Å².